The van der Waals surface area contributed by atoms with E-state index in [9.17, 15) is 0 Å². The minimum Gasteiger partial charge on any atom is -0.380 e. The van der Waals surface area contributed by atoms with Crippen molar-refractivity contribution in [3.05, 3.63) is 45.7 Å². The van der Waals surface area contributed by atoms with Gasteiger partial charge in [-0.3, -0.25) is 0 Å². The van der Waals surface area contributed by atoms with Crippen molar-refractivity contribution in [2.24, 2.45) is 0 Å². The molecule has 2 aromatic rings. The summed E-state index contributed by atoms with van der Waals surface area (Å²) >= 11 is 3.47. The van der Waals surface area contributed by atoms with E-state index in [0.29, 0.717) is 6.04 Å². The largest absolute Gasteiger partial charge is 0.380 e. The number of aryl methyl sites for hydroxylation is 1. The zero-order valence-electron chi connectivity index (χ0n) is 13.1. The maximum absolute atomic E-state index is 5.53. The van der Waals surface area contributed by atoms with Crippen LogP contribution in [0.2, 0.25) is 0 Å². The van der Waals surface area contributed by atoms with E-state index < -0.39 is 0 Å². The summed E-state index contributed by atoms with van der Waals surface area (Å²) in [7, 11) is 0. The van der Waals surface area contributed by atoms with Gasteiger partial charge in [0.05, 0.1) is 18.0 Å². The molecule has 3 rings (SSSR count). The van der Waals surface area contributed by atoms with Gasteiger partial charge in [0.25, 0.3) is 0 Å². The van der Waals surface area contributed by atoms with Gasteiger partial charge in [-0.2, -0.15) is 5.10 Å². The third kappa shape index (κ3) is 3.42. The highest BCUT2D eigenvalue weighted by Gasteiger charge is 2.16. The average molecular weight is 364 g/mol. The van der Waals surface area contributed by atoms with Crippen molar-refractivity contribution in [1.82, 2.24) is 15.1 Å². The van der Waals surface area contributed by atoms with Gasteiger partial charge in [0.2, 0.25) is 0 Å². The van der Waals surface area contributed by atoms with Crippen LogP contribution in [0.5, 0.6) is 0 Å². The molecule has 1 atom stereocenters. The fourth-order valence-electron chi connectivity index (χ4n) is 2.91. The molecule has 1 unspecified atom stereocenters. The summed E-state index contributed by atoms with van der Waals surface area (Å²) in [5, 5.41) is 8.31. The monoisotopic (exact) mass is 363 g/mol. The lowest BCUT2D eigenvalue weighted by molar-refractivity contribution is 0.0699. The van der Waals surface area contributed by atoms with Crippen LogP contribution < -0.4 is 5.32 Å². The van der Waals surface area contributed by atoms with E-state index in [2.05, 4.69) is 47.2 Å². The minimum atomic E-state index is 0.462. The number of nitrogens with one attached hydrogen (secondary N) is 1. The maximum Gasteiger partial charge on any atom is 0.0649 e. The van der Waals surface area contributed by atoms with Crippen LogP contribution in [0.1, 0.15) is 29.8 Å². The van der Waals surface area contributed by atoms with Crippen molar-refractivity contribution in [1.29, 1.82) is 0 Å². The van der Waals surface area contributed by atoms with Crippen molar-refractivity contribution < 1.29 is 4.74 Å². The summed E-state index contributed by atoms with van der Waals surface area (Å²) < 4.78 is 8.63. The molecule has 1 aliphatic heterocycles. The number of halogens is 1. The predicted molar refractivity (Wildman–Crippen MR) is 91.4 cm³/mol. The first-order chi connectivity index (χ1) is 10.6. The zero-order chi connectivity index (χ0) is 15.5. The van der Waals surface area contributed by atoms with Crippen LogP contribution in [0, 0.1) is 13.8 Å². The molecule has 0 saturated carbocycles. The van der Waals surface area contributed by atoms with Gasteiger partial charge in [0, 0.05) is 34.9 Å². The van der Waals surface area contributed by atoms with E-state index in [-0.39, 0.29) is 0 Å². The van der Waals surface area contributed by atoms with Gasteiger partial charge in [0.15, 0.2) is 0 Å². The summed E-state index contributed by atoms with van der Waals surface area (Å²) in [5.41, 5.74) is 4.67. The third-order valence-corrected chi connectivity index (χ3v) is 4.77. The standard InChI is InChI=1S/C17H22BrN3O/c1-12-17(10-19-15-4-3-9-22-11-15)13(2)21(20-12)16-7-5-14(18)6-8-16/h5-8,15,19H,3-4,9-11H2,1-2H3. The lowest BCUT2D eigenvalue weighted by Gasteiger charge is -2.23. The Balaban J connectivity index is 1.76. The van der Waals surface area contributed by atoms with Gasteiger partial charge < -0.3 is 10.1 Å². The molecule has 4 nitrogen and oxygen atoms in total. The maximum atomic E-state index is 5.53. The van der Waals surface area contributed by atoms with Crippen LogP contribution in [0.3, 0.4) is 0 Å². The highest BCUT2D eigenvalue weighted by atomic mass is 79.9. The molecule has 1 fully saturated rings. The molecule has 1 saturated heterocycles. The summed E-state index contributed by atoms with van der Waals surface area (Å²) in [6.45, 7) is 6.78. The minimum absolute atomic E-state index is 0.462. The summed E-state index contributed by atoms with van der Waals surface area (Å²) in [5.74, 6) is 0. The Kier molecular flexibility index (Phi) is 4.96. The molecule has 2 heterocycles. The van der Waals surface area contributed by atoms with Crippen LogP contribution in [-0.4, -0.2) is 29.0 Å². The Bertz CT molecular complexity index is 630. The second-order valence-corrected chi connectivity index (χ2v) is 6.75. The quantitative estimate of drug-likeness (QED) is 0.902. The first-order valence-corrected chi connectivity index (χ1v) is 8.56. The van der Waals surface area contributed by atoms with Crippen molar-refractivity contribution in [2.75, 3.05) is 13.2 Å². The number of aromatic nitrogens is 2. The second kappa shape index (κ2) is 6.94. The summed E-state index contributed by atoms with van der Waals surface area (Å²) in [6.07, 6.45) is 2.34. The Morgan fingerprint density at radius 2 is 2.09 bits per heavy atom. The van der Waals surface area contributed by atoms with Crippen molar-refractivity contribution in [3.8, 4) is 5.69 Å². The van der Waals surface area contributed by atoms with E-state index in [1.54, 1.807) is 0 Å². The van der Waals surface area contributed by atoms with E-state index in [0.717, 1.165) is 42.0 Å². The van der Waals surface area contributed by atoms with Gasteiger partial charge in [-0.05, 0) is 51.0 Å². The molecule has 1 N–H and O–H groups in total. The summed E-state index contributed by atoms with van der Waals surface area (Å²) in [4.78, 5) is 0. The highest BCUT2D eigenvalue weighted by molar-refractivity contribution is 9.10. The lowest BCUT2D eigenvalue weighted by Crippen LogP contribution is -2.36. The Labute approximate surface area is 140 Å². The van der Waals surface area contributed by atoms with Crippen LogP contribution in [0.25, 0.3) is 5.69 Å². The molecule has 0 amide bonds. The van der Waals surface area contributed by atoms with Crippen LogP contribution in [0.15, 0.2) is 28.7 Å². The molecule has 22 heavy (non-hydrogen) atoms. The van der Waals surface area contributed by atoms with Gasteiger partial charge in [-0.15, -0.1) is 0 Å². The van der Waals surface area contributed by atoms with Gasteiger partial charge in [-0.1, -0.05) is 15.9 Å². The predicted octanol–water partition coefficient (Wildman–Crippen LogP) is 3.52. The first kappa shape index (κ1) is 15.7. The molecular weight excluding hydrogens is 342 g/mol. The van der Waals surface area contributed by atoms with Crippen molar-refractivity contribution in [2.45, 2.75) is 39.3 Å². The summed E-state index contributed by atoms with van der Waals surface area (Å²) in [6, 6.07) is 8.71. The van der Waals surface area contributed by atoms with Crippen molar-refractivity contribution >= 4 is 15.9 Å². The van der Waals surface area contributed by atoms with Gasteiger partial charge in [0.1, 0.15) is 0 Å². The molecule has 1 aliphatic rings. The van der Waals surface area contributed by atoms with Crippen LogP contribution in [-0.2, 0) is 11.3 Å². The normalized spacial score (nSPS) is 18.6. The van der Waals surface area contributed by atoms with Crippen LogP contribution >= 0.6 is 15.9 Å². The molecule has 0 radical (unpaired) electrons. The number of hydrogen-bond donors (Lipinski definition) is 1. The number of benzene rings is 1. The first-order valence-electron chi connectivity index (χ1n) is 7.77. The highest BCUT2D eigenvalue weighted by Crippen LogP contribution is 2.20. The molecule has 118 valence electrons. The molecule has 5 heteroatoms. The molecule has 1 aromatic heterocycles. The van der Waals surface area contributed by atoms with E-state index in [1.165, 1.54) is 17.7 Å². The zero-order valence-corrected chi connectivity index (χ0v) is 14.7. The van der Waals surface area contributed by atoms with E-state index >= 15 is 0 Å². The molecule has 0 bridgehead atoms. The number of rotatable bonds is 4. The van der Waals surface area contributed by atoms with Crippen molar-refractivity contribution in [3.63, 3.8) is 0 Å². The fourth-order valence-corrected chi connectivity index (χ4v) is 3.18. The molecule has 0 aliphatic carbocycles. The topological polar surface area (TPSA) is 39.1 Å². The third-order valence-electron chi connectivity index (χ3n) is 4.24. The Morgan fingerprint density at radius 1 is 1.32 bits per heavy atom. The SMILES string of the molecule is Cc1nn(-c2ccc(Br)cc2)c(C)c1CNC1CCCOC1. The smallest absolute Gasteiger partial charge is 0.0649 e. The lowest BCUT2D eigenvalue weighted by atomic mass is 10.1. The molecule has 0 spiro atoms. The number of hydrogen-bond acceptors (Lipinski definition) is 3. The molecule has 1 aromatic carbocycles. The van der Waals surface area contributed by atoms with E-state index in [1.807, 2.05) is 16.8 Å². The van der Waals surface area contributed by atoms with Gasteiger partial charge in [-0.25, -0.2) is 4.68 Å². The molecular formula is C17H22BrN3O. The van der Waals surface area contributed by atoms with Gasteiger partial charge >= 0.3 is 0 Å². The average Bonchev–Trinajstić information content (AvgIpc) is 2.82. The van der Waals surface area contributed by atoms with Crippen LogP contribution in [0.4, 0.5) is 0 Å². The number of nitrogens with zero attached hydrogens (tertiary/aromatic N) is 2. The second-order valence-electron chi connectivity index (χ2n) is 5.83. The Morgan fingerprint density at radius 3 is 2.77 bits per heavy atom. The fraction of sp³-hybridized carbons (Fsp3) is 0.471. The number of ether oxygens (including phenoxy) is 1. The Hall–Kier alpha value is -1.17. The van der Waals surface area contributed by atoms with E-state index in [4.69, 9.17) is 9.84 Å².